The molecule has 0 bridgehead atoms. The first kappa shape index (κ1) is 9.50. The summed E-state index contributed by atoms with van der Waals surface area (Å²) in [5, 5.41) is 6.82. The Morgan fingerprint density at radius 1 is 1.54 bits per heavy atom. The van der Waals surface area contributed by atoms with Crippen LogP contribution in [0.15, 0.2) is 0 Å². The van der Waals surface area contributed by atoms with Gasteiger partial charge in [-0.1, -0.05) is 0 Å². The number of imide groups is 1. The summed E-state index contributed by atoms with van der Waals surface area (Å²) in [4.78, 5) is 33.1. The second-order valence-corrected chi connectivity index (χ2v) is 3.09. The topological polar surface area (TPSA) is 87.3 Å². The van der Waals surface area contributed by atoms with E-state index in [9.17, 15) is 14.4 Å². The van der Waals surface area contributed by atoms with Crippen molar-refractivity contribution in [1.29, 1.82) is 0 Å². The van der Waals surface area contributed by atoms with Crippen molar-refractivity contribution in [3.8, 4) is 0 Å². The van der Waals surface area contributed by atoms with Gasteiger partial charge < -0.3 is 10.6 Å². The first-order valence-corrected chi connectivity index (χ1v) is 3.82. The Morgan fingerprint density at radius 3 is 2.62 bits per heavy atom. The monoisotopic (exact) mass is 185 g/mol. The van der Waals surface area contributed by atoms with Crippen LogP contribution in [0.4, 0.5) is 4.79 Å². The smallest absolute Gasteiger partial charge is 0.322 e. The molecule has 4 amide bonds. The number of hydrogen-bond acceptors (Lipinski definition) is 3. The minimum Gasteiger partial charge on any atom is -0.357 e. The van der Waals surface area contributed by atoms with Gasteiger partial charge >= 0.3 is 6.03 Å². The van der Waals surface area contributed by atoms with Crippen LogP contribution >= 0.6 is 0 Å². The highest BCUT2D eigenvalue weighted by atomic mass is 16.2. The molecule has 72 valence electrons. The molecule has 1 saturated heterocycles. The molecule has 0 radical (unpaired) electrons. The molecule has 3 N–H and O–H groups in total. The normalized spacial score (nSPS) is 27.5. The summed E-state index contributed by atoms with van der Waals surface area (Å²) in [6.07, 6.45) is -0.0432. The molecule has 0 aromatic heterocycles. The van der Waals surface area contributed by atoms with Crippen molar-refractivity contribution in [2.45, 2.75) is 18.9 Å². The van der Waals surface area contributed by atoms with Crippen LogP contribution < -0.4 is 16.0 Å². The molecule has 1 aliphatic heterocycles. The Morgan fingerprint density at radius 2 is 2.15 bits per heavy atom. The third-order valence-electron chi connectivity index (χ3n) is 1.88. The highest BCUT2D eigenvalue weighted by molar-refractivity contribution is 6.04. The molecule has 1 atom stereocenters. The summed E-state index contributed by atoms with van der Waals surface area (Å²) in [5.74, 6) is -0.828. The Kier molecular flexibility index (Phi) is 2.22. The van der Waals surface area contributed by atoms with Crippen molar-refractivity contribution in [1.82, 2.24) is 16.0 Å². The Labute approximate surface area is 75.1 Å². The van der Waals surface area contributed by atoms with Gasteiger partial charge in [-0.3, -0.25) is 14.9 Å². The van der Waals surface area contributed by atoms with Gasteiger partial charge in [0.25, 0.3) is 0 Å². The van der Waals surface area contributed by atoms with Gasteiger partial charge in [-0.25, -0.2) is 4.79 Å². The molecule has 1 aliphatic rings. The van der Waals surface area contributed by atoms with Crippen LogP contribution in [0, 0.1) is 0 Å². The number of amides is 4. The first-order chi connectivity index (χ1) is 5.98. The molecule has 1 fully saturated rings. The van der Waals surface area contributed by atoms with Crippen molar-refractivity contribution < 1.29 is 14.4 Å². The SMILES string of the molecule is CNC(=O)[C@]1(C)CC(=O)NC(=O)N1. The van der Waals surface area contributed by atoms with Crippen LogP contribution in [-0.4, -0.2) is 30.4 Å². The zero-order chi connectivity index (χ0) is 10.1. The maximum Gasteiger partial charge on any atom is 0.322 e. The molecule has 0 aliphatic carbocycles. The molecule has 13 heavy (non-hydrogen) atoms. The van der Waals surface area contributed by atoms with Crippen LogP contribution in [0.3, 0.4) is 0 Å². The fourth-order valence-electron chi connectivity index (χ4n) is 1.23. The fraction of sp³-hybridized carbons (Fsp3) is 0.571. The Balaban J connectivity index is 2.83. The summed E-state index contributed by atoms with van der Waals surface area (Å²) < 4.78 is 0. The number of hydrogen-bond donors (Lipinski definition) is 3. The van der Waals surface area contributed by atoms with Crippen molar-refractivity contribution in [3.63, 3.8) is 0 Å². The fourth-order valence-corrected chi connectivity index (χ4v) is 1.23. The van der Waals surface area contributed by atoms with Crippen molar-refractivity contribution in [2.24, 2.45) is 0 Å². The van der Waals surface area contributed by atoms with E-state index in [-0.39, 0.29) is 12.3 Å². The molecular weight excluding hydrogens is 174 g/mol. The van der Waals surface area contributed by atoms with E-state index in [0.29, 0.717) is 0 Å². The number of nitrogens with one attached hydrogen (secondary N) is 3. The molecule has 0 unspecified atom stereocenters. The number of rotatable bonds is 1. The van der Waals surface area contributed by atoms with Crippen LogP contribution in [0.2, 0.25) is 0 Å². The van der Waals surface area contributed by atoms with Gasteiger partial charge in [0.2, 0.25) is 11.8 Å². The van der Waals surface area contributed by atoms with Crippen LogP contribution in [-0.2, 0) is 9.59 Å². The van der Waals surface area contributed by atoms with E-state index in [1.54, 1.807) is 0 Å². The van der Waals surface area contributed by atoms with Gasteiger partial charge in [-0.15, -0.1) is 0 Å². The summed E-state index contributed by atoms with van der Waals surface area (Å²) in [6, 6.07) is -0.637. The van der Waals surface area contributed by atoms with Crippen LogP contribution in [0.5, 0.6) is 0 Å². The Hall–Kier alpha value is -1.59. The zero-order valence-electron chi connectivity index (χ0n) is 7.43. The van der Waals surface area contributed by atoms with E-state index in [1.807, 2.05) is 5.32 Å². The van der Waals surface area contributed by atoms with Crippen molar-refractivity contribution >= 4 is 17.8 Å². The average Bonchev–Trinajstić information content (AvgIpc) is 2.00. The maximum absolute atomic E-state index is 11.3. The summed E-state index contributed by atoms with van der Waals surface area (Å²) in [5.41, 5.74) is -1.13. The number of urea groups is 1. The van der Waals surface area contributed by atoms with Crippen LogP contribution in [0.1, 0.15) is 13.3 Å². The molecular formula is C7H11N3O3. The lowest BCUT2D eigenvalue weighted by Crippen LogP contribution is -2.65. The quantitative estimate of drug-likeness (QED) is 0.475. The van der Waals surface area contributed by atoms with E-state index in [2.05, 4.69) is 10.6 Å². The molecule has 6 nitrogen and oxygen atoms in total. The molecule has 1 rings (SSSR count). The van der Waals surface area contributed by atoms with E-state index in [1.165, 1.54) is 14.0 Å². The minimum atomic E-state index is -1.13. The zero-order valence-corrected chi connectivity index (χ0v) is 7.43. The van der Waals surface area contributed by atoms with E-state index in [0.717, 1.165) is 0 Å². The minimum absolute atomic E-state index is 0.0432. The first-order valence-electron chi connectivity index (χ1n) is 3.82. The largest absolute Gasteiger partial charge is 0.357 e. The van der Waals surface area contributed by atoms with Gasteiger partial charge in [0.15, 0.2) is 0 Å². The van der Waals surface area contributed by atoms with E-state index < -0.39 is 17.5 Å². The van der Waals surface area contributed by atoms with E-state index in [4.69, 9.17) is 0 Å². The van der Waals surface area contributed by atoms with Gasteiger partial charge in [-0.05, 0) is 6.92 Å². The molecule has 0 spiro atoms. The molecule has 1 heterocycles. The second kappa shape index (κ2) is 3.04. The Bertz CT molecular complexity index is 258. The highest BCUT2D eigenvalue weighted by Crippen LogP contribution is 2.12. The molecule has 6 heteroatoms. The third kappa shape index (κ3) is 1.77. The molecule has 0 aromatic carbocycles. The molecule has 0 aromatic rings. The van der Waals surface area contributed by atoms with Gasteiger partial charge in [0, 0.05) is 7.05 Å². The predicted molar refractivity (Wildman–Crippen MR) is 43.8 cm³/mol. The standard InChI is InChI=1S/C7H11N3O3/c1-7(5(12)8-2)3-4(11)9-6(13)10-7/h3H2,1-2H3,(H,8,12)(H2,9,10,11,13)/t7-/m0/s1. The number of carbonyl (C=O) groups is 3. The van der Waals surface area contributed by atoms with Gasteiger partial charge in [-0.2, -0.15) is 0 Å². The van der Waals surface area contributed by atoms with Gasteiger partial charge in [0.05, 0.1) is 6.42 Å². The molecule has 0 saturated carbocycles. The highest BCUT2D eigenvalue weighted by Gasteiger charge is 2.40. The lowest BCUT2D eigenvalue weighted by molar-refractivity contribution is -0.132. The third-order valence-corrected chi connectivity index (χ3v) is 1.88. The number of carbonyl (C=O) groups excluding carboxylic acids is 3. The lowest BCUT2D eigenvalue weighted by atomic mass is 9.95. The summed E-state index contributed by atoms with van der Waals surface area (Å²) in [6.45, 7) is 1.50. The summed E-state index contributed by atoms with van der Waals surface area (Å²) in [7, 11) is 1.45. The number of likely N-dealkylation sites (N-methyl/N-ethyl adjacent to an activating group) is 1. The maximum atomic E-state index is 11.3. The van der Waals surface area contributed by atoms with Crippen molar-refractivity contribution in [2.75, 3.05) is 7.05 Å². The van der Waals surface area contributed by atoms with Gasteiger partial charge in [0.1, 0.15) is 5.54 Å². The predicted octanol–water partition coefficient (Wildman–Crippen LogP) is -1.28. The lowest BCUT2D eigenvalue weighted by Gasteiger charge is -2.31. The van der Waals surface area contributed by atoms with E-state index >= 15 is 0 Å². The second-order valence-electron chi connectivity index (χ2n) is 3.09. The van der Waals surface area contributed by atoms with Crippen molar-refractivity contribution in [3.05, 3.63) is 0 Å². The van der Waals surface area contributed by atoms with Crippen LogP contribution in [0.25, 0.3) is 0 Å². The average molecular weight is 185 g/mol. The summed E-state index contributed by atoms with van der Waals surface area (Å²) >= 11 is 0.